The van der Waals surface area contributed by atoms with E-state index in [2.05, 4.69) is 19.9 Å². The highest BCUT2D eigenvalue weighted by atomic mass is 35.5. The van der Waals surface area contributed by atoms with Gasteiger partial charge in [-0.2, -0.15) is 4.31 Å². The van der Waals surface area contributed by atoms with E-state index in [1.54, 1.807) is 34.8 Å². The predicted octanol–water partition coefficient (Wildman–Crippen LogP) is 5.55. The summed E-state index contributed by atoms with van der Waals surface area (Å²) in [5.41, 5.74) is 11.1. The fourth-order valence-electron chi connectivity index (χ4n) is 4.03. The van der Waals surface area contributed by atoms with Crippen molar-refractivity contribution in [3.63, 3.8) is 0 Å². The Labute approximate surface area is 199 Å². The van der Waals surface area contributed by atoms with Crippen LogP contribution in [-0.2, 0) is 16.6 Å². The third-order valence-corrected chi connectivity index (χ3v) is 9.41. The third-order valence-electron chi connectivity index (χ3n) is 5.73. The molecule has 1 fully saturated rings. The van der Waals surface area contributed by atoms with Gasteiger partial charge in [-0.25, -0.2) is 8.42 Å². The molecule has 0 radical (unpaired) electrons. The molecule has 0 aliphatic carbocycles. The van der Waals surface area contributed by atoms with Crippen LogP contribution in [0.15, 0.2) is 64.1 Å². The summed E-state index contributed by atoms with van der Waals surface area (Å²) in [5.74, 6) is 0. The molecule has 3 heterocycles. The molecule has 1 aliphatic rings. The molecule has 2 aromatic carbocycles. The minimum atomic E-state index is -3.54. The van der Waals surface area contributed by atoms with Crippen LogP contribution < -0.4 is 0 Å². The number of nitrogens with zero attached hydrogens (tertiary/aromatic N) is 6. The molecule has 8 nitrogen and oxygen atoms in total. The number of aromatic nitrogens is 1. The first-order valence-corrected chi connectivity index (χ1v) is 12.9. The Morgan fingerprint density at radius 2 is 1.91 bits per heavy atom. The third kappa shape index (κ3) is 4.41. The predicted molar refractivity (Wildman–Crippen MR) is 131 cm³/mol. The number of rotatable bonds is 5. The highest BCUT2D eigenvalue weighted by Gasteiger charge is 2.30. The van der Waals surface area contributed by atoms with Gasteiger partial charge < -0.3 is 0 Å². The van der Waals surface area contributed by atoms with E-state index in [1.165, 1.54) is 11.3 Å². The molecular formula is C22H19ClN6O2S2. The summed E-state index contributed by atoms with van der Waals surface area (Å²) in [4.78, 5) is 9.48. The summed E-state index contributed by atoms with van der Waals surface area (Å²) in [6.45, 7) is 2.84. The summed E-state index contributed by atoms with van der Waals surface area (Å²) in [6.07, 6.45) is 1.63. The Morgan fingerprint density at radius 1 is 1.09 bits per heavy atom. The average molecular weight is 499 g/mol. The molecule has 0 N–H and O–H groups in total. The summed E-state index contributed by atoms with van der Waals surface area (Å²) in [5, 5.41) is 6.00. The van der Waals surface area contributed by atoms with E-state index in [9.17, 15) is 8.42 Å². The first-order valence-electron chi connectivity index (χ1n) is 10.3. The van der Waals surface area contributed by atoms with Gasteiger partial charge in [0, 0.05) is 64.6 Å². The van der Waals surface area contributed by atoms with E-state index in [0.717, 1.165) is 26.6 Å². The van der Waals surface area contributed by atoms with Gasteiger partial charge in [0.1, 0.15) is 4.21 Å². The molecule has 0 atom stereocenters. The molecule has 11 heteroatoms. The Hall–Kier alpha value is -2.72. The van der Waals surface area contributed by atoms with E-state index >= 15 is 0 Å². The zero-order valence-electron chi connectivity index (χ0n) is 17.4. The van der Waals surface area contributed by atoms with Gasteiger partial charge in [-0.15, -0.1) is 11.3 Å². The van der Waals surface area contributed by atoms with Crippen molar-refractivity contribution in [2.24, 2.45) is 5.11 Å². The fraction of sp³-hybridized carbons (Fsp3) is 0.227. The molecular weight excluding hydrogens is 480 g/mol. The Balaban J connectivity index is 1.28. The van der Waals surface area contributed by atoms with Gasteiger partial charge in [0.05, 0.1) is 5.52 Å². The van der Waals surface area contributed by atoms with Crippen molar-refractivity contribution in [3.05, 3.63) is 75.8 Å². The lowest BCUT2D eigenvalue weighted by Gasteiger charge is -2.33. The summed E-state index contributed by atoms with van der Waals surface area (Å²) in [6, 6.07) is 14.7. The quantitative estimate of drug-likeness (QED) is 0.204. The largest absolute Gasteiger partial charge is 0.296 e. The van der Waals surface area contributed by atoms with Crippen molar-refractivity contribution in [3.8, 4) is 0 Å². The van der Waals surface area contributed by atoms with Crippen LogP contribution in [0.3, 0.4) is 0 Å². The Bertz CT molecular complexity index is 1510. The van der Waals surface area contributed by atoms with Crippen LogP contribution in [0.1, 0.15) is 5.56 Å². The number of piperazine rings is 1. The average Bonchev–Trinajstić information content (AvgIpc) is 3.24. The monoisotopic (exact) mass is 498 g/mol. The molecule has 0 bridgehead atoms. The van der Waals surface area contributed by atoms with E-state index in [4.69, 9.17) is 17.1 Å². The molecule has 4 aromatic rings. The molecule has 0 saturated carbocycles. The van der Waals surface area contributed by atoms with Gasteiger partial charge >= 0.3 is 0 Å². The summed E-state index contributed by atoms with van der Waals surface area (Å²) < 4.78 is 29.1. The van der Waals surface area contributed by atoms with Crippen molar-refractivity contribution in [2.75, 3.05) is 26.2 Å². The van der Waals surface area contributed by atoms with E-state index in [1.807, 2.05) is 24.3 Å². The molecule has 1 saturated heterocycles. The standard InChI is InChI=1S/C22H19ClN6O2S2/c23-17-3-2-16-12-22(32-21(16)13-17)33(30,31)29-9-7-28(8-10-29)14-15-1-4-18-19(26-27-24)5-6-25-20(18)11-15/h1-6,11-13H,7-10,14H2. The van der Waals surface area contributed by atoms with Gasteiger partial charge in [0.15, 0.2) is 0 Å². The first kappa shape index (κ1) is 22.1. The number of hydrogen-bond donors (Lipinski definition) is 0. The summed E-state index contributed by atoms with van der Waals surface area (Å²) in [7, 11) is -3.54. The topological polar surface area (TPSA) is 102 Å². The van der Waals surface area contributed by atoms with Crippen LogP contribution in [0.2, 0.25) is 5.02 Å². The molecule has 0 spiro atoms. The lowest BCUT2D eigenvalue weighted by atomic mass is 10.1. The number of pyridine rings is 1. The van der Waals surface area contributed by atoms with E-state index in [0.29, 0.717) is 47.6 Å². The van der Waals surface area contributed by atoms with Gasteiger partial charge in [0.2, 0.25) is 0 Å². The van der Waals surface area contributed by atoms with Crippen LogP contribution in [0.4, 0.5) is 5.69 Å². The van der Waals surface area contributed by atoms with Crippen molar-refractivity contribution in [2.45, 2.75) is 10.8 Å². The number of halogens is 1. The normalized spacial score (nSPS) is 15.7. The smallest absolute Gasteiger partial charge is 0.252 e. The highest BCUT2D eigenvalue weighted by Crippen LogP contribution is 2.33. The maximum absolute atomic E-state index is 13.2. The van der Waals surface area contributed by atoms with Crippen LogP contribution in [-0.4, -0.2) is 48.8 Å². The van der Waals surface area contributed by atoms with Crippen LogP contribution >= 0.6 is 22.9 Å². The minimum Gasteiger partial charge on any atom is -0.296 e. The molecule has 0 amide bonds. The van der Waals surface area contributed by atoms with Gasteiger partial charge in [-0.1, -0.05) is 34.9 Å². The second kappa shape index (κ2) is 8.90. The lowest BCUT2D eigenvalue weighted by molar-refractivity contribution is 0.182. The molecule has 168 valence electrons. The SMILES string of the molecule is [N-]=[N+]=Nc1ccnc2cc(CN3CCN(S(=O)(=O)c4cc5ccc(Cl)cc5s4)CC3)ccc12. The Kier molecular flexibility index (Phi) is 5.96. The lowest BCUT2D eigenvalue weighted by Crippen LogP contribution is -2.48. The molecule has 2 aromatic heterocycles. The first-order chi connectivity index (χ1) is 15.9. The van der Waals surface area contributed by atoms with Crippen LogP contribution in [0, 0.1) is 0 Å². The number of hydrogen-bond acceptors (Lipinski definition) is 6. The second-order valence-corrected chi connectivity index (χ2v) is 11.5. The van der Waals surface area contributed by atoms with Crippen LogP contribution in [0.5, 0.6) is 0 Å². The van der Waals surface area contributed by atoms with Crippen molar-refractivity contribution < 1.29 is 8.42 Å². The zero-order valence-corrected chi connectivity index (χ0v) is 19.8. The van der Waals surface area contributed by atoms with Gasteiger partial charge in [-0.05, 0) is 46.8 Å². The highest BCUT2D eigenvalue weighted by molar-refractivity contribution is 7.91. The molecule has 0 unspecified atom stereocenters. The molecule has 1 aliphatic heterocycles. The number of fused-ring (bicyclic) bond motifs is 2. The number of azide groups is 1. The van der Waals surface area contributed by atoms with Gasteiger partial charge in [0.25, 0.3) is 10.0 Å². The molecule has 5 rings (SSSR count). The zero-order chi connectivity index (χ0) is 23.0. The maximum atomic E-state index is 13.2. The number of thiophene rings is 1. The van der Waals surface area contributed by atoms with Gasteiger partial charge in [-0.3, -0.25) is 9.88 Å². The second-order valence-electron chi connectivity index (χ2n) is 7.80. The van der Waals surface area contributed by atoms with Crippen molar-refractivity contribution in [1.29, 1.82) is 0 Å². The summed E-state index contributed by atoms with van der Waals surface area (Å²) >= 11 is 7.30. The minimum absolute atomic E-state index is 0.352. The fourth-order valence-corrected chi connectivity index (χ4v) is 7.28. The van der Waals surface area contributed by atoms with E-state index in [-0.39, 0.29) is 0 Å². The number of benzene rings is 2. The Morgan fingerprint density at radius 3 is 2.70 bits per heavy atom. The van der Waals surface area contributed by atoms with Crippen molar-refractivity contribution >= 4 is 59.6 Å². The van der Waals surface area contributed by atoms with Crippen LogP contribution in [0.25, 0.3) is 31.4 Å². The van der Waals surface area contributed by atoms with Crippen molar-refractivity contribution in [1.82, 2.24) is 14.2 Å². The molecule has 33 heavy (non-hydrogen) atoms. The maximum Gasteiger partial charge on any atom is 0.252 e. The number of sulfonamides is 1. The van der Waals surface area contributed by atoms with E-state index < -0.39 is 10.0 Å².